The van der Waals surface area contributed by atoms with Crippen molar-refractivity contribution in [1.29, 1.82) is 0 Å². The van der Waals surface area contributed by atoms with Gasteiger partial charge in [0.25, 0.3) is 0 Å². The summed E-state index contributed by atoms with van der Waals surface area (Å²) in [4.78, 5) is 0. The molecule has 0 saturated carbocycles. The van der Waals surface area contributed by atoms with Gasteiger partial charge in [-0.05, 0) is 0 Å². The minimum atomic E-state index is 0. The molecule has 0 spiro atoms. The van der Waals surface area contributed by atoms with Crippen LogP contribution in [0.2, 0.25) is 0 Å². The van der Waals surface area contributed by atoms with E-state index in [0.717, 1.165) is 0 Å². The Morgan fingerprint density at radius 3 is 0.778 bits per heavy atom. The summed E-state index contributed by atoms with van der Waals surface area (Å²) in [7, 11) is 0. The summed E-state index contributed by atoms with van der Waals surface area (Å²) in [5.41, 5.74) is 0. The first-order valence-corrected chi connectivity index (χ1v) is 2.00. The van der Waals surface area contributed by atoms with Crippen molar-refractivity contribution >= 4 is 0 Å². The zero-order valence-corrected chi connectivity index (χ0v) is 6.17. The van der Waals surface area contributed by atoms with Crippen LogP contribution in [0.1, 0.15) is 2.85 Å². The van der Waals surface area contributed by atoms with E-state index in [-0.39, 0.29) is 46.7 Å². The molecule has 0 aromatic heterocycles. The van der Waals surface area contributed by atoms with Crippen LogP contribution in [0.4, 0.5) is 0 Å². The molecule has 0 bridgehead atoms. The van der Waals surface area contributed by atoms with E-state index in [1.165, 1.54) is 0 Å². The van der Waals surface area contributed by atoms with Crippen molar-refractivity contribution in [3.05, 3.63) is 36.4 Å². The van der Waals surface area contributed by atoms with Gasteiger partial charge in [0, 0.05) is 0 Å². The number of rotatable bonds is 0. The van der Waals surface area contributed by atoms with E-state index in [1.807, 2.05) is 36.4 Å². The van der Waals surface area contributed by atoms with Crippen LogP contribution in [0.25, 0.3) is 0 Å². The molecule has 42 valence electrons. The Morgan fingerprint density at radius 1 is 0.556 bits per heavy atom. The van der Waals surface area contributed by atoms with Gasteiger partial charge >= 0.3 is 37.7 Å². The molecule has 0 heterocycles. The van der Waals surface area contributed by atoms with E-state index < -0.39 is 0 Å². The largest absolute Gasteiger partial charge is 1.00 e. The number of hydrogen-bond acceptors (Lipinski definition) is 1. The van der Waals surface area contributed by atoms with E-state index in [4.69, 9.17) is 0 Å². The van der Waals surface area contributed by atoms with Crippen molar-refractivity contribution in [3.8, 4) is 0 Å². The van der Waals surface area contributed by atoms with Crippen LogP contribution in [0.15, 0.2) is 36.4 Å². The molecule has 0 unspecified atom stereocenters. The molecule has 0 aliphatic rings. The van der Waals surface area contributed by atoms with Crippen LogP contribution < -0.4 is 43.9 Å². The van der Waals surface area contributed by atoms with Gasteiger partial charge in [0.05, 0.1) is 0 Å². The third-order valence-corrected chi connectivity index (χ3v) is 0.667. The van der Waals surface area contributed by atoms with E-state index in [0.29, 0.717) is 0 Å². The van der Waals surface area contributed by atoms with E-state index >= 15 is 0 Å². The van der Waals surface area contributed by atoms with Gasteiger partial charge in [0.2, 0.25) is 0 Å². The molecule has 0 fully saturated rings. The maximum atomic E-state index is 2.00. The summed E-state index contributed by atoms with van der Waals surface area (Å²) in [6.45, 7) is 0. The first-order chi connectivity index (χ1) is 3.00. The second-order valence-corrected chi connectivity index (χ2v) is 1.15. The number of hydrogen-bond donors (Lipinski definition) is 1. The summed E-state index contributed by atoms with van der Waals surface area (Å²) in [6, 6.07) is 12.0. The molecule has 1 nitrogen and oxygen atoms in total. The molecule has 1 aromatic carbocycles. The average molecular weight is 111 g/mol. The van der Waals surface area contributed by atoms with Crippen molar-refractivity contribution in [2.45, 2.75) is 0 Å². The summed E-state index contributed by atoms with van der Waals surface area (Å²) in [5, 5.41) is 0. The molecular weight excluding hydrogens is 100.0 g/mol. The van der Waals surface area contributed by atoms with Crippen LogP contribution in [0.5, 0.6) is 0 Å². The predicted octanol–water partition coefficient (Wildman–Crippen LogP) is -3.92. The molecule has 1 aromatic rings. The van der Waals surface area contributed by atoms with E-state index in [1.54, 1.807) is 0 Å². The van der Waals surface area contributed by atoms with Crippen LogP contribution in [-0.4, -0.2) is 0 Å². The standard InChI is InChI=1S/C6H6.2Li.H3N.2H/c1-2-4-6-5-3-1;;;;;/h1-6H;;;1H3;;/q;2*+1;;2*-1. The zero-order chi connectivity index (χ0) is 4.24. The molecule has 1 rings (SSSR count). The van der Waals surface area contributed by atoms with Crippen LogP contribution in [0, 0.1) is 0 Å². The summed E-state index contributed by atoms with van der Waals surface area (Å²) in [6.07, 6.45) is 0. The first-order valence-electron chi connectivity index (χ1n) is 2.00. The van der Waals surface area contributed by atoms with Gasteiger partial charge in [-0.3, -0.25) is 0 Å². The van der Waals surface area contributed by atoms with Crippen molar-refractivity contribution < 1.29 is 40.6 Å². The Balaban J connectivity index is -0.0000000240. The van der Waals surface area contributed by atoms with Gasteiger partial charge < -0.3 is 9.00 Å². The van der Waals surface area contributed by atoms with E-state index in [9.17, 15) is 0 Å². The Bertz CT molecular complexity index is 90.5. The number of benzene rings is 1. The fourth-order valence-corrected chi connectivity index (χ4v) is 0.385. The Morgan fingerprint density at radius 2 is 0.667 bits per heavy atom. The topological polar surface area (TPSA) is 35.0 Å². The molecule has 9 heavy (non-hydrogen) atoms. The predicted molar refractivity (Wildman–Crippen MR) is 33.7 cm³/mol. The van der Waals surface area contributed by atoms with Gasteiger partial charge in [-0.15, -0.1) is 0 Å². The second-order valence-electron chi connectivity index (χ2n) is 1.15. The van der Waals surface area contributed by atoms with Crippen molar-refractivity contribution in [2.24, 2.45) is 0 Å². The third kappa shape index (κ3) is 8.37. The summed E-state index contributed by atoms with van der Waals surface area (Å²) >= 11 is 0. The minimum Gasteiger partial charge on any atom is -1.00 e. The third-order valence-electron chi connectivity index (χ3n) is 0.667. The van der Waals surface area contributed by atoms with Gasteiger partial charge in [0.15, 0.2) is 0 Å². The maximum absolute atomic E-state index is 2.00. The molecule has 0 saturated heterocycles. The van der Waals surface area contributed by atoms with Gasteiger partial charge in [-0.2, -0.15) is 0 Å². The molecule has 0 aliphatic heterocycles. The average Bonchev–Trinajstić information content (AvgIpc) is 1.72. The van der Waals surface area contributed by atoms with Crippen LogP contribution in [-0.2, 0) is 0 Å². The van der Waals surface area contributed by atoms with Gasteiger partial charge in [-0.25, -0.2) is 0 Å². The quantitative estimate of drug-likeness (QED) is 0.341. The molecule has 0 amide bonds. The monoisotopic (exact) mass is 111 g/mol. The van der Waals surface area contributed by atoms with Crippen LogP contribution >= 0.6 is 0 Å². The maximum Gasteiger partial charge on any atom is 1.00 e. The minimum absolute atomic E-state index is 0. The van der Waals surface area contributed by atoms with Crippen LogP contribution in [0.3, 0.4) is 0 Å². The molecule has 0 atom stereocenters. The Kier molecular flexibility index (Phi) is 20.2. The fourth-order valence-electron chi connectivity index (χ4n) is 0.385. The molecule has 0 radical (unpaired) electrons. The zero-order valence-electron chi connectivity index (χ0n) is 8.17. The van der Waals surface area contributed by atoms with Gasteiger partial charge in [-0.1, -0.05) is 36.4 Å². The van der Waals surface area contributed by atoms with Crippen molar-refractivity contribution in [1.82, 2.24) is 6.15 Å². The Hall–Kier alpha value is 0.375. The SMILES string of the molecule is N.[H-].[H-].[Li+].[Li+].c1ccccc1. The first kappa shape index (κ1) is 16.2. The van der Waals surface area contributed by atoms with Gasteiger partial charge in [0.1, 0.15) is 0 Å². The van der Waals surface area contributed by atoms with Crippen molar-refractivity contribution in [3.63, 3.8) is 0 Å². The smallest absolute Gasteiger partial charge is 1.00 e. The second kappa shape index (κ2) is 11.2. The molecule has 3 N–H and O–H groups in total. The normalized spacial score (nSPS) is 5.33. The summed E-state index contributed by atoms with van der Waals surface area (Å²) in [5.74, 6) is 0. The van der Waals surface area contributed by atoms with Crippen molar-refractivity contribution in [2.75, 3.05) is 0 Å². The van der Waals surface area contributed by atoms with E-state index in [2.05, 4.69) is 0 Å². The Labute approximate surface area is 83.1 Å². The molecule has 0 aliphatic carbocycles. The fraction of sp³-hybridized carbons (Fsp3) is 0. The molecule has 3 heteroatoms. The molecular formula is C6H11Li2N. The summed E-state index contributed by atoms with van der Waals surface area (Å²) < 4.78 is 0.